The molecule has 5 heteroatoms. The van der Waals surface area contributed by atoms with Crippen molar-refractivity contribution in [3.8, 4) is 0 Å². The Morgan fingerprint density at radius 2 is 2.20 bits per heavy atom. The number of esters is 1. The van der Waals surface area contributed by atoms with Crippen LogP contribution in [0.2, 0.25) is 0 Å². The van der Waals surface area contributed by atoms with E-state index < -0.39 is 5.97 Å². The summed E-state index contributed by atoms with van der Waals surface area (Å²) in [5, 5.41) is 0. The van der Waals surface area contributed by atoms with E-state index in [1.54, 1.807) is 18.2 Å². The van der Waals surface area contributed by atoms with Crippen LogP contribution in [0.5, 0.6) is 0 Å². The molecule has 15 heavy (non-hydrogen) atoms. The van der Waals surface area contributed by atoms with Crippen molar-refractivity contribution in [1.82, 2.24) is 0 Å². The third-order valence-corrected chi connectivity index (χ3v) is 2.09. The molecule has 0 aliphatic rings. The molecule has 0 aliphatic carbocycles. The van der Waals surface area contributed by atoms with Gasteiger partial charge in [0.1, 0.15) is 0 Å². The molecule has 0 heterocycles. The smallest absolute Gasteiger partial charge is 0.340 e. The van der Waals surface area contributed by atoms with Gasteiger partial charge in [-0.05, 0) is 25.1 Å². The molecule has 0 saturated heterocycles. The zero-order valence-electron chi connectivity index (χ0n) is 8.33. The van der Waals surface area contributed by atoms with E-state index in [9.17, 15) is 4.79 Å². The van der Waals surface area contributed by atoms with Gasteiger partial charge in [0.25, 0.3) is 0 Å². The van der Waals surface area contributed by atoms with Gasteiger partial charge in [-0.2, -0.15) is 0 Å². The Labute approximate surface area is 96.5 Å². The van der Waals surface area contributed by atoms with Crippen molar-refractivity contribution >= 4 is 27.6 Å². The molecule has 0 unspecified atom stereocenters. The summed E-state index contributed by atoms with van der Waals surface area (Å²) < 4.78 is 10.5. The number of rotatable bonds is 4. The second-order valence-corrected chi connectivity index (χ2v) is 3.73. The van der Waals surface area contributed by atoms with Gasteiger partial charge in [-0.3, -0.25) is 0 Å². The van der Waals surface area contributed by atoms with Crippen molar-refractivity contribution in [3.63, 3.8) is 0 Å². The van der Waals surface area contributed by atoms with Crippen molar-refractivity contribution in [2.45, 2.75) is 6.92 Å². The van der Waals surface area contributed by atoms with Gasteiger partial charge in [-0.25, -0.2) is 4.79 Å². The number of nitrogen functional groups attached to an aromatic ring is 1. The summed E-state index contributed by atoms with van der Waals surface area (Å²) in [6.45, 7) is 2.29. The molecule has 1 rings (SSSR count). The molecule has 0 aromatic heterocycles. The first-order valence-electron chi connectivity index (χ1n) is 4.44. The van der Waals surface area contributed by atoms with Gasteiger partial charge in [0, 0.05) is 16.8 Å². The van der Waals surface area contributed by atoms with Gasteiger partial charge < -0.3 is 15.2 Å². The standard InChI is InChI=1S/C10H12BrNO3/c1-2-14-6-15-10(13)7-3-8(11)5-9(12)4-7/h3-5H,2,6,12H2,1H3. The van der Waals surface area contributed by atoms with Crippen LogP contribution < -0.4 is 5.73 Å². The van der Waals surface area contributed by atoms with Gasteiger partial charge in [0.15, 0.2) is 6.79 Å². The van der Waals surface area contributed by atoms with E-state index in [1.165, 1.54) is 0 Å². The Bertz CT molecular complexity index is 334. The summed E-state index contributed by atoms with van der Waals surface area (Å²) in [5.41, 5.74) is 6.49. The van der Waals surface area contributed by atoms with Crippen molar-refractivity contribution in [2.24, 2.45) is 0 Å². The molecule has 0 spiro atoms. The molecule has 2 N–H and O–H groups in total. The number of benzene rings is 1. The molecule has 4 nitrogen and oxygen atoms in total. The van der Waals surface area contributed by atoms with E-state index >= 15 is 0 Å². The van der Waals surface area contributed by atoms with E-state index in [0.717, 1.165) is 4.47 Å². The zero-order chi connectivity index (χ0) is 11.3. The maximum absolute atomic E-state index is 11.4. The minimum Gasteiger partial charge on any atom is -0.435 e. The van der Waals surface area contributed by atoms with E-state index in [0.29, 0.717) is 17.9 Å². The Hall–Kier alpha value is -1.07. The maximum Gasteiger partial charge on any atom is 0.340 e. The van der Waals surface area contributed by atoms with Crippen LogP contribution in [0.1, 0.15) is 17.3 Å². The fraction of sp³-hybridized carbons (Fsp3) is 0.300. The van der Waals surface area contributed by atoms with Crippen LogP contribution >= 0.6 is 15.9 Å². The number of ether oxygens (including phenoxy) is 2. The monoisotopic (exact) mass is 273 g/mol. The average molecular weight is 274 g/mol. The summed E-state index contributed by atoms with van der Waals surface area (Å²) in [4.78, 5) is 11.4. The lowest BCUT2D eigenvalue weighted by Crippen LogP contribution is -2.09. The second kappa shape index (κ2) is 5.72. The predicted molar refractivity (Wildman–Crippen MR) is 60.5 cm³/mol. The van der Waals surface area contributed by atoms with E-state index in [2.05, 4.69) is 15.9 Å². The number of hydrogen-bond acceptors (Lipinski definition) is 4. The van der Waals surface area contributed by atoms with Crippen molar-refractivity contribution < 1.29 is 14.3 Å². The van der Waals surface area contributed by atoms with Gasteiger partial charge >= 0.3 is 5.97 Å². The molecule has 1 aromatic carbocycles. The summed E-state index contributed by atoms with van der Waals surface area (Å²) in [6.07, 6.45) is 0. The highest BCUT2D eigenvalue weighted by atomic mass is 79.9. The second-order valence-electron chi connectivity index (χ2n) is 2.82. The van der Waals surface area contributed by atoms with Crippen molar-refractivity contribution in [2.75, 3.05) is 19.1 Å². The molecule has 0 radical (unpaired) electrons. The lowest BCUT2D eigenvalue weighted by atomic mass is 10.2. The van der Waals surface area contributed by atoms with Gasteiger partial charge in [0.05, 0.1) is 5.56 Å². The minimum absolute atomic E-state index is 0.0399. The molecular weight excluding hydrogens is 262 g/mol. The quantitative estimate of drug-likeness (QED) is 0.395. The lowest BCUT2D eigenvalue weighted by molar-refractivity contribution is -0.0274. The Morgan fingerprint density at radius 3 is 2.80 bits per heavy atom. The summed E-state index contributed by atoms with van der Waals surface area (Å²) in [7, 11) is 0. The average Bonchev–Trinajstić information content (AvgIpc) is 2.16. The third-order valence-electron chi connectivity index (χ3n) is 1.63. The number of halogens is 1. The highest BCUT2D eigenvalue weighted by molar-refractivity contribution is 9.10. The van der Waals surface area contributed by atoms with Crippen LogP contribution in [0, 0.1) is 0 Å². The van der Waals surface area contributed by atoms with Crippen LogP contribution in [0.4, 0.5) is 5.69 Å². The number of hydrogen-bond donors (Lipinski definition) is 1. The van der Waals surface area contributed by atoms with Crippen LogP contribution in [0.3, 0.4) is 0 Å². The topological polar surface area (TPSA) is 61.5 Å². The number of anilines is 1. The lowest BCUT2D eigenvalue weighted by Gasteiger charge is -2.05. The predicted octanol–water partition coefficient (Wildman–Crippen LogP) is 2.18. The third kappa shape index (κ3) is 3.89. The Balaban J connectivity index is 2.65. The van der Waals surface area contributed by atoms with Crippen LogP contribution in [-0.2, 0) is 9.47 Å². The molecule has 0 atom stereocenters. The number of nitrogens with two attached hydrogens (primary N) is 1. The first-order chi connectivity index (χ1) is 7.13. The fourth-order valence-corrected chi connectivity index (χ4v) is 1.50. The molecule has 0 amide bonds. The fourth-order valence-electron chi connectivity index (χ4n) is 0.992. The zero-order valence-corrected chi connectivity index (χ0v) is 9.91. The molecule has 0 aliphatic heterocycles. The summed E-state index contributed by atoms with van der Waals surface area (Å²) in [5.74, 6) is -0.448. The van der Waals surface area contributed by atoms with Crippen LogP contribution in [0.25, 0.3) is 0 Å². The van der Waals surface area contributed by atoms with E-state index in [-0.39, 0.29) is 6.79 Å². The number of carbonyl (C=O) groups excluding carboxylic acids is 1. The van der Waals surface area contributed by atoms with E-state index in [4.69, 9.17) is 15.2 Å². The van der Waals surface area contributed by atoms with Crippen molar-refractivity contribution in [3.05, 3.63) is 28.2 Å². The highest BCUT2D eigenvalue weighted by Crippen LogP contribution is 2.17. The molecule has 1 aromatic rings. The molecule has 0 bridgehead atoms. The van der Waals surface area contributed by atoms with Crippen LogP contribution in [0.15, 0.2) is 22.7 Å². The summed E-state index contributed by atoms with van der Waals surface area (Å²) in [6, 6.07) is 4.91. The largest absolute Gasteiger partial charge is 0.435 e. The SMILES string of the molecule is CCOCOC(=O)c1cc(N)cc(Br)c1. The Morgan fingerprint density at radius 1 is 1.47 bits per heavy atom. The van der Waals surface area contributed by atoms with Crippen LogP contribution in [-0.4, -0.2) is 19.4 Å². The van der Waals surface area contributed by atoms with Gasteiger partial charge in [0.2, 0.25) is 0 Å². The molecular formula is C10H12BrNO3. The molecule has 0 saturated carbocycles. The highest BCUT2D eigenvalue weighted by Gasteiger charge is 2.08. The number of carbonyl (C=O) groups is 1. The first kappa shape index (κ1) is 12.0. The summed E-state index contributed by atoms with van der Waals surface area (Å²) >= 11 is 3.24. The normalized spacial score (nSPS) is 10.0. The van der Waals surface area contributed by atoms with E-state index in [1.807, 2.05) is 6.92 Å². The molecule has 0 fully saturated rings. The Kier molecular flexibility index (Phi) is 4.58. The first-order valence-corrected chi connectivity index (χ1v) is 5.23. The minimum atomic E-state index is -0.448. The van der Waals surface area contributed by atoms with Gasteiger partial charge in [-0.15, -0.1) is 0 Å². The molecule has 82 valence electrons. The maximum atomic E-state index is 11.4. The van der Waals surface area contributed by atoms with Crippen molar-refractivity contribution in [1.29, 1.82) is 0 Å². The van der Waals surface area contributed by atoms with Gasteiger partial charge in [-0.1, -0.05) is 15.9 Å².